The number of rotatable bonds is 3. The van der Waals surface area contributed by atoms with Crippen LogP contribution in [0.15, 0.2) is 28.8 Å². The first-order valence-electron chi connectivity index (χ1n) is 8.82. The maximum absolute atomic E-state index is 14.2. The number of anilines is 1. The van der Waals surface area contributed by atoms with Gasteiger partial charge in [0, 0.05) is 18.0 Å². The molecule has 0 unspecified atom stereocenters. The molecule has 2 fully saturated rings. The van der Waals surface area contributed by atoms with Crippen LogP contribution >= 0.6 is 0 Å². The maximum atomic E-state index is 14.2. The van der Waals surface area contributed by atoms with Crippen molar-refractivity contribution in [2.75, 3.05) is 11.9 Å². The Morgan fingerprint density at radius 2 is 2.12 bits per heavy atom. The minimum Gasteiger partial charge on any atom is -0.359 e. The number of urea groups is 1. The lowest BCUT2D eigenvalue weighted by atomic mass is 10.0. The van der Waals surface area contributed by atoms with E-state index in [-0.39, 0.29) is 17.9 Å². The lowest BCUT2D eigenvalue weighted by molar-refractivity contribution is 0.205. The van der Waals surface area contributed by atoms with Gasteiger partial charge in [-0.15, -0.1) is 0 Å². The number of hydrogen-bond donors (Lipinski definition) is 1. The fraction of sp³-hybridized carbons (Fsp3) is 0.474. The van der Waals surface area contributed by atoms with E-state index in [1.165, 1.54) is 6.07 Å². The minimum absolute atomic E-state index is 0.217. The summed E-state index contributed by atoms with van der Waals surface area (Å²) in [6.45, 7) is 4.52. The zero-order chi connectivity index (χ0) is 17.6. The van der Waals surface area contributed by atoms with E-state index in [9.17, 15) is 9.18 Å². The van der Waals surface area contributed by atoms with E-state index in [0.717, 1.165) is 25.0 Å². The third-order valence-electron chi connectivity index (χ3n) is 5.10. The van der Waals surface area contributed by atoms with Gasteiger partial charge >= 0.3 is 6.03 Å². The number of amides is 2. The average molecular weight is 343 g/mol. The Balaban J connectivity index is 1.58. The van der Waals surface area contributed by atoms with Crippen LogP contribution in [0.4, 0.5) is 14.9 Å². The molecule has 0 bridgehead atoms. The molecule has 1 aromatic heterocycles. The first-order valence-corrected chi connectivity index (χ1v) is 8.82. The molecule has 2 atom stereocenters. The smallest absolute Gasteiger partial charge is 0.322 e. The lowest BCUT2D eigenvalue weighted by Crippen LogP contribution is -2.35. The highest BCUT2D eigenvalue weighted by Crippen LogP contribution is 2.45. The summed E-state index contributed by atoms with van der Waals surface area (Å²) in [6.07, 6.45) is 2.89. The van der Waals surface area contributed by atoms with Crippen molar-refractivity contribution in [2.45, 2.75) is 45.1 Å². The molecular weight excluding hydrogens is 321 g/mol. The molecule has 2 amide bonds. The van der Waals surface area contributed by atoms with Crippen LogP contribution < -0.4 is 5.32 Å². The zero-order valence-electron chi connectivity index (χ0n) is 14.5. The highest BCUT2D eigenvalue weighted by atomic mass is 19.1. The molecule has 1 aromatic carbocycles. The molecule has 1 aliphatic heterocycles. The van der Waals surface area contributed by atoms with Gasteiger partial charge in [-0.25, -0.2) is 9.18 Å². The normalized spacial score (nSPS) is 23.1. The number of benzene rings is 1. The molecule has 2 heterocycles. The van der Waals surface area contributed by atoms with Gasteiger partial charge in [0.15, 0.2) is 5.76 Å². The number of hydrogen-bond acceptors (Lipinski definition) is 3. The molecule has 0 spiro atoms. The fourth-order valence-electron chi connectivity index (χ4n) is 3.65. The SMILES string of the molecule is Cc1noc(C2CC2)c1NC(=O)N1C[C@H](C)C[C@@H]1c1ccccc1F. The molecule has 1 aliphatic carbocycles. The van der Waals surface area contributed by atoms with E-state index < -0.39 is 0 Å². The predicted molar refractivity (Wildman–Crippen MR) is 91.9 cm³/mol. The van der Waals surface area contributed by atoms with Crippen LogP contribution in [0.5, 0.6) is 0 Å². The quantitative estimate of drug-likeness (QED) is 0.885. The van der Waals surface area contributed by atoms with Gasteiger partial charge in [-0.2, -0.15) is 0 Å². The van der Waals surface area contributed by atoms with Crippen molar-refractivity contribution in [3.63, 3.8) is 0 Å². The molecule has 1 saturated heterocycles. The summed E-state index contributed by atoms with van der Waals surface area (Å²) in [7, 11) is 0. The predicted octanol–water partition coefficient (Wildman–Crippen LogP) is 4.61. The van der Waals surface area contributed by atoms with Crippen LogP contribution in [-0.4, -0.2) is 22.6 Å². The molecular formula is C19H22FN3O2. The van der Waals surface area contributed by atoms with Crippen LogP contribution in [0, 0.1) is 18.7 Å². The molecule has 25 heavy (non-hydrogen) atoms. The Labute approximate surface area is 146 Å². The number of carbonyl (C=O) groups is 1. The maximum Gasteiger partial charge on any atom is 0.322 e. The summed E-state index contributed by atoms with van der Waals surface area (Å²) in [4.78, 5) is 14.7. The fourth-order valence-corrected chi connectivity index (χ4v) is 3.65. The van der Waals surface area contributed by atoms with E-state index in [2.05, 4.69) is 17.4 Å². The van der Waals surface area contributed by atoms with Crippen LogP contribution in [-0.2, 0) is 0 Å². The number of carbonyl (C=O) groups excluding carboxylic acids is 1. The molecule has 5 nitrogen and oxygen atoms in total. The van der Waals surface area contributed by atoms with Crippen LogP contribution in [0.3, 0.4) is 0 Å². The van der Waals surface area contributed by atoms with Crippen LogP contribution in [0.25, 0.3) is 0 Å². The largest absolute Gasteiger partial charge is 0.359 e. The van der Waals surface area contributed by atoms with Gasteiger partial charge in [0.1, 0.15) is 17.2 Å². The molecule has 2 aliphatic rings. The molecule has 132 valence electrons. The lowest BCUT2D eigenvalue weighted by Gasteiger charge is -2.25. The highest BCUT2D eigenvalue weighted by molar-refractivity contribution is 5.91. The summed E-state index contributed by atoms with van der Waals surface area (Å²) in [5.41, 5.74) is 1.94. The van der Waals surface area contributed by atoms with Crippen molar-refractivity contribution in [3.05, 3.63) is 47.1 Å². The Morgan fingerprint density at radius 3 is 2.84 bits per heavy atom. The molecule has 0 radical (unpaired) electrons. The van der Waals surface area contributed by atoms with Crippen LogP contribution in [0.1, 0.15) is 55.2 Å². The number of aryl methyl sites for hydroxylation is 1. The van der Waals surface area contributed by atoms with Gasteiger partial charge in [-0.3, -0.25) is 0 Å². The Kier molecular flexibility index (Phi) is 3.98. The van der Waals surface area contributed by atoms with Crippen molar-refractivity contribution in [3.8, 4) is 0 Å². The second-order valence-electron chi connectivity index (χ2n) is 7.24. The third-order valence-corrected chi connectivity index (χ3v) is 5.10. The average Bonchev–Trinajstić information content (AvgIpc) is 3.26. The summed E-state index contributed by atoms with van der Waals surface area (Å²) in [5, 5.41) is 6.97. The number of nitrogens with zero attached hydrogens (tertiary/aromatic N) is 2. The Morgan fingerprint density at radius 1 is 1.36 bits per heavy atom. The Hall–Kier alpha value is -2.37. The van der Waals surface area contributed by atoms with Gasteiger partial charge in [-0.1, -0.05) is 30.3 Å². The molecule has 1 N–H and O–H groups in total. The molecule has 6 heteroatoms. The van der Waals surface area contributed by atoms with Gasteiger partial charge in [0.25, 0.3) is 0 Å². The molecule has 1 saturated carbocycles. The molecule has 2 aromatic rings. The highest BCUT2D eigenvalue weighted by Gasteiger charge is 2.37. The van der Waals surface area contributed by atoms with E-state index >= 15 is 0 Å². The topological polar surface area (TPSA) is 58.4 Å². The van der Waals surface area contributed by atoms with Crippen molar-refractivity contribution < 1.29 is 13.7 Å². The van der Waals surface area contributed by atoms with Crippen molar-refractivity contribution in [2.24, 2.45) is 5.92 Å². The number of aromatic nitrogens is 1. The number of halogens is 1. The minimum atomic E-state index is -0.265. The molecule has 4 rings (SSSR count). The van der Waals surface area contributed by atoms with Crippen molar-refractivity contribution in [1.82, 2.24) is 10.1 Å². The first kappa shape index (κ1) is 16.1. The van der Waals surface area contributed by atoms with E-state index in [4.69, 9.17) is 4.52 Å². The summed E-state index contributed by atoms with van der Waals surface area (Å²) in [6, 6.07) is 6.23. The van der Waals surface area contributed by atoms with E-state index in [0.29, 0.717) is 35.3 Å². The summed E-state index contributed by atoms with van der Waals surface area (Å²) < 4.78 is 19.6. The second-order valence-corrected chi connectivity index (χ2v) is 7.24. The van der Waals surface area contributed by atoms with Crippen molar-refractivity contribution in [1.29, 1.82) is 0 Å². The first-order chi connectivity index (χ1) is 12.0. The standard InChI is InChI=1S/C19H22FN3O2/c1-11-9-16(14-5-3-4-6-15(14)20)23(10-11)19(24)21-17-12(2)22-25-18(17)13-7-8-13/h3-6,11,13,16H,7-10H2,1-2H3,(H,21,24)/t11-,16-/m1/s1. The van der Waals surface area contributed by atoms with Crippen molar-refractivity contribution >= 4 is 11.7 Å². The summed E-state index contributed by atoms with van der Waals surface area (Å²) in [5.74, 6) is 1.18. The number of nitrogens with one attached hydrogen (secondary N) is 1. The van der Waals surface area contributed by atoms with Gasteiger partial charge in [0.05, 0.1) is 6.04 Å². The number of likely N-dealkylation sites (tertiary alicyclic amines) is 1. The zero-order valence-corrected chi connectivity index (χ0v) is 14.5. The van der Waals surface area contributed by atoms with Crippen LogP contribution in [0.2, 0.25) is 0 Å². The summed E-state index contributed by atoms with van der Waals surface area (Å²) >= 11 is 0. The van der Waals surface area contributed by atoms with Gasteiger partial charge in [0.2, 0.25) is 0 Å². The van der Waals surface area contributed by atoms with E-state index in [1.54, 1.807) is 17.0 Å². The van der Waals surface area contributed by atoms with E-state index in [1.807, 2.05) is 13.0 Å². The van der Waals surface area contributed by atoms with Gasteiger partial charge in [-0.05, 0) is 38.2 Å². The Bertz CT molecular complexity index is 800. The monoisotopic (exact) mass is 343 g/mol. The third kappa shape index (κ3) is 3.01. The second kappa shape index (κ2) is 6.17. The van der Waals surface area contributed by atoms with Gasteiger partial charge < -0.3 is 14.7 Å².